The number of anilines is 2. The van der Waals surface area contributed by atoms with Crippen LogP contribution in [-0.4, -0.2) is 63.1 Å². The minimum atomic E-state index is -3.61. The molecule has 2 aromatic carbocycles. The molecule has 1 saturated heterocycles. The lowest BCUT2D eigenvalue weighted by atomic mass is 10.1. The van der Waals surface area contributed by atoms with Gasteiger partial charge in [0.25, 0.3) is 0 Å². The maximum absolute atomic E-state index is 13.0. The molecule has 4 rings (SSSR count). The maximum atomic E-state index is 13.0. The van der Waals surface area contributed by atoms with Crippen LogP contribution in [0.1, 0.15) is 32.3 Å². The van der Waals surface area contributed by atoms with Gasteiger partial charge < -0.3 is 14.7 Å². The van der Waals surface area contributed by atoms with Crippen molar-refractivity contribution >= 4 is 44.6 Å². The van der Waals surface area contributed by atoms with Gasteiger partial charge in [-0.15, -0.1) is 0 Å². The summed E-state index contributed by atoms with van der Waals surface area (Å²) in [6, 6.07) is 12.6. The van der Waals surface area contributed by atoms with Gasteiger partial charge in [-0.3, -0.25) is 9.59 Å². The summed E-state index contributed by atoms with van der Waals surface area (Å²) in [7, 11) is -3.61. The molecule has 0 aromatic heterocycles. The molecule has 7 nitrogen and oxygen atoms in total. The Balaban J connectivity index is 1.35. The predicted octanol–water partition coefficient (Wildman–Crippen LogP) is 3.54. The van der Waals surface area contributed by atoms with Crippen molar-refractivity contribution in [3.8, 4) is 0 Å². The van der Waals surface area contributed by atoms with E-state index in [4.69, 9.17) is 11.6 Å². The van der Waals surface area contributed by atoms with Crippen LogP contribution in [0.25, 0.3) is 0 Å². The Morgan fingerprint density at radius 3 is 2.44 bits per heavy atom. The summed E-state index contributed by atoms with van der Waals surface area (Å²) in [6.07, 6.45) is 0.979. The fraction of sp³-hybridized carbons (Fsp3) is 0.440. The van der Waals surface area contributed by atoms with Crippen LogP contribution in [0.15, 0.2) is 47.4 Å². The van der Waals surface area contributed by atoms with Crippen molar-refractivity contribution < 1.29 is 18.0 Å². The number of carbonyl (C=O) groups excluding carboxylic acids is 2. The summed E-state index contributed by atoms with van der Waals surface area (Å²) >= 11 is 6.08. The van der Waals surface area contributed by atoms with Crippen molar-refractivity contribution in [2.45, 2.75) is 44.0 Å². The van der Waals surface area contributed by atoms with Crippen molar-refractivity contribution in [2.75, 3.05) is 41.7 Å². The predicted molar refractivity (Wildman–Crippen MR) is 134 cm³/mol. The Kier molecular flexibility index (Phi) is 7.19. The summed E-state index contributed by atoms with van der Waals surface area (Å²) < 4.78 is 25.9. The molecular formula is C25H30ClN3O4S. The van der Waals surface area contributed by atoms with Crippen LogP contribution in [0.5, 0.6) is 0 Å². The Labute approximate surface area is 206 Å². The van der Waals surface area contributed by atoms with Gasteiger partial charge in [0.2, 0.25) is 11.8 Å². The first-order valence-corrected chi connectivity index (χ1v) is 13.7. The monoisotopic (exact) mass is 503 g/mol. The lowest BCUT2D eigenvalue weighted by Crippen LogP contribution is -2.49. The number of benzene rings is 2. The number of halogens is 1. The molecule has 0 bridgehead atoms. The number of nitrogens with zero attached hydrogens (tertiary/aromatic N) is 3. The molecule has 0 saturated carbocycles. The molecule has 0 unspecified atom stereocenters. The van der Waals surface area contributed by atoms with Crippen molar-refractivity contribution in [1.82, 2.24) is 4.90 Å². The summed E-state index contributed by atoms with van der Waals surface area (Å²) in [4.78, 5) is 30.9. The first kappa shape index (κ1) is 24.5. The smallest absolute Gasteiger partial charge is 0.226 e. The number of hydrogen-bond donors (Lipinski definition) is 0. The van der Waals surface area contributed by atoms with Crippen LogP contribution in [0, 0.1) is 0 Å². The second-order valence-corrected chi connectivity index (χ2v) is 11.4. The third-order valence-corrected chi connectivity index (χ3v) is 8.54. The zero-order valence-electron chi connectivity index (χ0n) is 19.5. The molecule has 34 heavy (non-hydrogen) atoms. The Hall–Kier alpha value is -2.58. The van der Waals surface area contributed by atoms with Gasteiger partial charge in [-0.05, 0) is 55.3 Å². The van der Waals surface area contributed by atoms with Gasteiger partial charge in [-0.25, -0.2) is 8.42 Å². The van der Waals surface area contributed by atoms with Gasteiger partial charge >= 0.3 is 0 Å². The normalized spacial score (nSPS) is 18.2. The molecule has 0 spiro atoms. The lowest BCUT2D eigenvalue weighted by molar-refractivity contribution is -0.131. The second kappa shape index (κ2) is 9.96. The number of hydrogen-bond acceptors (Lipinski definition) is 5. The van der Waals surface area contributed by atoms with E-state index in [9.17, 15) is 18.0 Å². The fourth-order valence-electron chi connectivity index (χ4n) is 4.74. The molecular weight excluding hydrogens is 474 g/mol. The fourth-order valence-corrected chi connectivity index (χ4v) is 6.20. The molecule has 2 aliphatic rings. The topological polar surface area (TPSA) is 78.0 Å². The van der Waals surface area contributed by atoms with E-state index in [-0.39, 0.29) is 34.9 Å². The maximum Gasteiger partial charge on any atom is 0.226 e. The van der Waals surface area contributed by atoms with Gasteiger partial charge in [0.05, 0.1) is 10.6 Å². The zero-order valence-corrected chi connectivity index (χ0v) is 21.1. The van der Waals surface area contributed by atoms with Crippen LogP contribution in [0.4, 0.5) is 11.4 Å². The van der Waals surface area contributed by atoms with Gasteiger partial charge in [0, 0.05) is 61.5 Å². The van der Waals surface area contributed by atoms with E-state index in [1.165, 1.54) is 0 Å². The van der Waals surface area contributed by atoms with Crippen LogP contribution in [0.2, 0.25) is 5.02 Å². The van der Waals surface area contributed by atoms with E-state index < -0.39 is 9.84 Å². The van der Waals surface area contributed by atoms with Crippen LogP contribution < -0.4 is 9.80 Å². The number of fused-ring (bicyclic) bond motifs is 1. The summed E-state index contributed by atoms with van der Waals surface area (Å²) in [6.45, 7) is 6.23. The molecule has 0 N–H and O–H groups in total. The van der Waals surface area contributed by atoms with Crippen molar-refractivity contribution in [1.29, 1.82) is 0 Å². The highest BCUT2D eigenvalue weighted by Crippen LogP contribution is 2.34. The first-order valence-electron chi connectivity index (χ1n) is 11.7. The summed E-state index contributed by atoms with van der Waals surface area (Å²) in [5.41, 5.74) is 2.66. The molecule has 2 heterocycles. The van der Waals surface area contributed by atoms with E-state index in [1.54, 1.807) is 28.0 Å². The van der Waals surface area contributed by atoms with Gasteiger partial charge in [-0.2, -0.15) is 0 Å². The van der Waals surface area contributed by atoms with Crippen LogP contribution in [-0.2, 0) is 25.8 Å². The third kappa shape index (κ3) is 5.08. The largest absolute Gasteiger partial charge is 0.368 e. The molecule has 2 amide bonds. The number of sulfone groups is 1. The van der Waals surface area contributed by atoms with Gasteiger partial charge in [0.15, 0.2) is 9.84 Å². The minimum absolute atomic E-state index is 0.00700. The quantitative estimate of drug-likeness (QED) is 0.602. The van der Waals surface area contributed by atoms with E-state index in [0.29, 0.717) is 44.0 Å². The summed E-state index contributed by atoms with van der Waals surface area (Å²) in [5, 5.41) is 0.673. The standard InChI is InChI=1S/C25H30ClN3O4S/c1-3-24(30)29-18(2)15-19-16-22(7-8-23(19)29)34(32,33)14-9-25(31)28-12-10-27(11-13-28)21-6-4-5-20(26)17-21/h4-8,16-18H,3,9-15H2,1-2H3/t18-/m1/s1. The van der Waals surface area contributed by atoms with Crippen molar-refractivity contribution in [3.63, 3.8) is 0 Å². The van der Waals surface area contributed by atoms with E-state index >= 15 is 0 Å². The second-order valence-electron chi connectivity index (χ2n) is 8.88. The van der Waals surface area contributed by atoms with Crippen molar-refractivity contribution in [3.05, 3.63) is 53.1 Å². The van der Waals surface area contributed by atoms with Gasteiger partial charge in [0.1, 0.15) is 0 Å². The molecule has 2 aromatic rings. The molecule has 0 aliphatic carbocycles. The van der Waals surface area contributed by atoms with Crippen LogP contribution >= 0.6 is 11.6 Å². The molecule has 1 atom stereocenters. The third-order valence-electron chi connectivity index (χ3n) is 6.59. The van der Waals surface area contributed by atoms with Crippen molar-refractivity contribution in [2.24, 2.45) is 0 Å². The number of amides is 2. The number of carbonyl (C=O) groups is 2. The highest BCUT2D eigenvalue weighted by atomic mass is 35.5. The highest BCUT2D eigenvalue weighted by Gasteiger charge is 2.31. The van der Waals surface area contributed by atoms with E-state index in [1.807, 2.05) is 38.1 Å². The Bertz CT molecular complexity index is 1190. The minimum Gasteiger partial charge on any atom is -0.368 e. The Morgan fingerprint density at radius 2 is 1.76 bits per heavy atom. The number of rotatable bonds is 6. The van der Waals surface area contributed by atoms with E-state index in [0.717, 1.165) is 16.9 Å². The lowest BCUT2D eigenvalue weighted by Gasteiger charge is -2.36. The molecule has 2 aliphatic heterocycles. The summed E-state index contributed by atoms with van der Waals surface area (Å²) in [5.74, 6) is -0.349. The zero-order chi connectivity index (χ0) is 24.5. The molecule has 9 heteroatoms. The first-order chi connectivity index (χ1) is 16.2. The average molecular weight is 504 g/mol. The number of piperazine rings is 1. The SMILES string of the molecule is CCC(=O)N1c2ccc(S(=O)(=O)CCC(=O)N3CCN(c4cccc(Cl)c4)CC3)cc2C[C@H]1C. The van der Waals surface area contributed by atoms with Crippen LogP contribution in [0.3, 0.4) is 0 Å². The Morgan fingerprint density at radius 1 is 1.03 bits per heavy atom. The molecule has 1 fully saturated rings. The average Bonchev–Trinajstić information content (AvgIpc) is 3.17. The highest BCUT2D eigenvalue weighted by molar-refractivity contribution is 7.91. The molecule has 0 radical (unpaired) electrons. The molecule has 182 valence electrons. The van der Waals surface area contributed by atoms with E-state index in [2.05, 4.69) is 4.90 Å². The van der Waals surface area contributed by atoms with Gasteiger partial charge in [-0.1, -0.05) is 24.6 Å².